The Labute approximate surface area is 112 Å². The third-order valence-electron chi connectivity index (χ3n) is 2.26. The van der Waals surface area contributed by atoms with Gasteiger partial charge in [-0.1, -0.05) is 36.5 Å². The molecule has 1 aromatic carbocycles. The van der Waals surface area contributed by atoms with Gasteiger partial charge in [-0.05, 0) is 31.5 Å². The van der Waals surface area contributed by atoms with Crippen molar-refractivity contribution in [3.8, 4) is 0 Å². The normalized spacial score (nSPS) is 13.6. The van der Waals surface area contributed by atoms with Crippen LogP contribution in [0.1, 0.15) is 26.7 Å². The highest BCUT2D eigenvalue weighted by molar-refractivity contribution is 7.89. The van der Waals surface area contributed by atoms with E-state index in [1.54, 1.807) is 6.07 Å². The average Bonchev–Trinajstić information content (AvgIpc) is 2.21. The van der Waals surface area contributed by atoms with Crippen molar-refractivity contribution in [2.75, 3.05) is 0 Å². The fourth-order valence-electron chi connectivity index (χ4n) is 1.50. The van der Waals surface area contributed by atoms with E-state index in [9.17, 15) is 8.42 Å². The fraction of sp³-hybridized carbons (Fsp3) is 0.455. The summed E-state index contributed by atoms with van der Waals surface area (Å²) >= 11 is 11.6. The SMILES string of the molecule is CCCC(C)NS(=O)(=O)c1cc(Cl)ccc1Cl. The average molecular weight is 296 g/mol. The summed E-state index contributed by atoms with van der Waals surface area (Å²) in [6.45, 7) is 3.82. The largest absolute Gasteiger partial charge is 0.242 e. The lowest BCUT2D eigenvalue weighted by Gasteiger charge is -2.14. The maximum absolute atomic E-state index is 12.0. The molecule has 6 heteroatoms. The van der Waals surface area contributed by atoms with Crippen LogP contribution in [0.5, 0.6) is 0 Å². The predicted molar refractivity (Wildman–Crippen MR) is 71.2 cm³/mol. The van der Waals surface area contributed by atoms with Gasteiger partial charge in [0.25, 0.3) is 0 Å². The number of sulfonamides is 1. The quantitative estimate of drug-likeness (QED) is 0.904. The van der Waals surface area contributed by atoms with Gasteiger partial charge in [0.15, 0.2) is 0 Å². The molecule has 1 atom stereocenters. The minimum atomic E-state index is -3.60. The number of rotatable bonds is 5. The number of halogens is 2. The van der Waals surface area contributed by atoms with Crippen LogP contribution in [0.15, 0.2) is 23.1 Å². The third kappa shape index (κ3) is 4.14. The monoisotopic (exact) mass is 295 g/mol. The molecule has 0 radical (unpaired) electrons. The predicted octanol–water partition coefficient (Wildman–Crippen LogP) is 3.46. The van der Waals surface area contributed by atoms with Crippen LogP contribution in [0, 0.1) is 0 Å². The number of benzene rings is 1. The molecule has 1 unspecified atom stereocenters. The molecule has 1 aromatic rings. The third-order valence-corrected chi connectivity index (χ3v) is 4.57. The molecule has 0 saturated heterocycles. The van der Waals surface area contributed by atoms with Crippen molar-refractivity contribution < 1.29 is 8.42 Å². The van der Waals surface area contributed by atoms with Crippen LogP contribution in [-0.2, 0) is 10.0 Å². The molecule has 1 rings (SSSR count). The van der Waals surface area contributed by atoms with Gasteiger partial charge in [0.05, 0.1) is 5.02 Å². The Morgan fingerprint density at radius 3 is 2.59 bits per heavy atom. The van der Waals surface area contributed by atoms with Crippen LogP contribution in [0.2, 0.25) is 10.0 Å². The molecular formula is C11H15Cl2NO2S. The van der Waals surface area contributed by atoms with Crippen molar-refractivity contribution >= 4 is 33.2 Å². The van der Waals surface area contributed by atoms with Crippen molar-refractivity contribution in [1.82, 2.24) is 4.72 Å². The van der Waals surface area contributed by atoms with E-state index in [2.05, 4.69) is 4.72 Å². The summed E-state index contributed by atoms with van der Waals surface area (Å²) < 4.78 is 26.6. The van der Waals surface area contributed by atoms with Gasteiger partial charge < -0.3 is 0 Å². The Balaban J connectivity index is 3.01. The van der Waals surface area contributed by atoms with E-state index in [-0.39, 0.29) is 16.0 Å². The molecule has 0 aromatic heterocycles. The highest BCUT2D eigenvalue weighted by Crippen LogP contribution is 2.25. The Hall–Kier alpha value is -0.290. The molecule has 3 nitrogen and oxygen atoms in total. The summed E-state index contributed by atoms with van der Waals surface area (Å²) in [5.41, 5.74) is 0. The first-order valence-corrected chi connectivity index (χ1v) is 7.58. The minimum Gasteiger partial charge on any atom is -0.208 e. The molecule has 96 valence electrons. The van der Waals surface area contributed by atoms with Gasteiger partial charge in [0.2, 0.25) is 10.0 Å². The number of nitrogens with one attached hydrogen (secondary N) is 1. The number of hydrogen-bond donors (Lipinski definition) is 1. The van der Waals surface area contributed by atoms with E-state index < -0.39 is 10.0 Å². The molecule has 0 fully saturated rings. The van der Waals surface area contributed by atoms with Gasteiger partial charge in [0, 0.05) is 11.1 Å². The Morgan fingerprint density at radius 1 is 1.35 bits per heavy atom. The zero-order valence-corrected chi connectivity index (χ0v) is 12.0. The lowest BCUT2D eigenvalue weighted by atomic mass is 10.2. The van der Waals surface area contributed by atoms with Gasteiger partial charge in [-0.25, -0.2) is 13.1 Å². The van der Waals surface area contributed by atoms with E-state index in [0.717, 1.165) is 12.8 Å². The highest BCUT2D eigenvalue weighted by atomic mass is 35.5. The van der Waals surface area contributed by atoms with Crippen LogP contribution in [0.25, 0.3) is 0 Å². The van der Waals surface area contributed by atoms with E-state index in [4.69, 9.17) is 23.2 Å². The van der Waals surface area contributed by atoms with E-state index in [0.29, 0.717) is 5.02 Å². The Kier molecular flexibility index (Phi) is 5.25. The first kappa shape index (κ1) is 14.8. The summed E-state index contributed by atoms with van der Waals surface area (Å²) in [6.07, 6.45) is 1.68. The van der Waals surface area contributed by atoms with Gasteiger partial charge in [-0.2, -0.15) is 0 Å². The molecule has 0 aliphatic rings. The van der Waals surface area contributed by atoms with Gasteiger partial charge in [-0.3, -0.25) is 0 Å². The lowest BCUT2D eigenvalue weighted by molar-refractivity contribution is 0.544. The van der Waals surface area contributed by atoms with E-state index >= 15 is 0 Å². The van der Waals surface area contributed by atoms with Crippen molar-refractivity contribution in [3.05, 3.63) is 28.2 Å². The maximum Gasteiger partial charge on any atom is 0.242 e. The second-order valence-corrected chi connectivity index (χ2v) is 6.41. The summed E-state index contributed by atoms with van der Waals surface area (Å²) in [7, 11) is -3.60. The summed E-state index contributed by atoms with van der Waals surface area (Å²) in [4.78, 5) is 0.0228. The highest BCUT2D eigenvalue weighted by Gasteiger charge is 2.20. The Morgan fingerprint density at radius 2 is 2.00 bits per heavy atom. The van der Waals surface area contributed by atoms with Crippen molar-refractivity contribution in [2.24, 2.45) is 0 Å². The lowest BCUT2D eigenvalue weighted by Crippen LogP contribution is -2.32. The van der Waals surface area contributed by atoms with Crippen molar-refractivity contribution in [3.63, 3.8) is 0 Å². The van der Waals surface area contributed by atoms with E-state index in [1.807, 2.05) is 13.8 Å². The zero-order chi connectivity index (χ0) is 13.1. The molecule has 17 heavy (non-hydrogen) atoms. The molecule has 0 heterocycles. The molecule has 1 N–H and O–H groups in total. The summed E-state index contributed by atoms with van der Waals surface area (Å²) in [6, 6.07) is 4.26. The first-order chi connectivity index (χ1) is 7.86. The maximum atomic E-state index is 12.0. The second-order valence-electron chi connectivity index (χ2n) is 3.89. The molecule has 0 spiro atoms. The molecule has 0 amide bonds. The van der Waals surface area contributed by atoms with Crippen LogP contribution in [-0.4, -0.2) is 14.5 Å². The Bertz CT molecular complexity index is 488. The zero-order valence-electron chi connectivity index (χ0n) is 9.70. The molecule has 0 saturated carbocycles. The van der Waals surface area contributed by atoms with Crippen LogP contribution in [0.3, 0.4) is 0 Å². The minimum absolute atomic E-state index is 0.0228. The smallest absolute Gasteiger partial charge is 0.208 e. The molecule has 0 bridgehead atoms. The topological polar surface area (TPSA) is 46.2 Å². The van der Waals surface area contributed by atoms with Crippen LogP contribution in [0.4, 0.5) is 0 Å². The van der Waals surface area contributed by atoms with Crippen LogP contribution < -0.4 is 4.72 Å². The van der Waals surface area contributed by atoms with Gasteiger partial charge in [-0.15, -0.1) is 0 Å². The molecule has 0 aliphatic carbocycles. The van der Waals surface area contributed by atoms with Crippen molar-refractivity contribution in [2.45, 2.75) is 37.6 Å². The standard InChI is InChI=1S/C11H15Cl2NO2S/c1-3-4-8(2)14-17(15,16)11-7-9(12)5-6-10(11)13/h5-8,14H,3-4H2,1-2H3. The number of hydrogen-bond acceptors (Lipinski definition) is 2. The van der Waals surface area contributed by atoms with Crippen molar-refractivity contribution in [1.29, 1.82) is 0 Å². The van der Waals surface area contributed by atoms with Crippen LogP contribution >= 0.6 is 23.2 Å². The molecular weight excluding hydrogens is 281 g/mol. The first-order valence-electron chi connectivity index (χ1n) is 5.34. The second kappa shape index (κ2) is 6.05. The summed E-state index contributed by atoms with van der Waals surface area (Å²) in [5.74, 6) is 0. The fourth-order valence-corrected chi connectivity index (χ4v) is 3.54. The van der Waals surface area contributed by atoms with Gasteiger partial charge >= 0.3 is 0 Å². The molecule has 0 aliphatic heterocycles. The summed E-state index contributed by atoms with van der Waals surface area (Å²) in [5, 5.41) is 0.517. The van der Waals surface area contributed by atoms with E-state index in [1.165, 1.54) is 12.1 Å². The van der Waals surface area contributed by atoms with Gasteiger partial charge in [0.1, 0.15) is 4.90 Å².